The van der Waals surface area contributed by atoms with Crippen LogP contribution in [0.1, 0.15) is 43.1 Å². The van der Waals surface area contributed by atoms with E-state index in [-0.39, 0.29) is 5.91 Å². The molecule has 2 fully saturated rings. The SMILES string of the molecule is CCCNc1ccc(C(=O)NC2CCN3CCCC23)nc1. The predicted molar refractivity (Wildman–Crippen MR) is 83.5 cm³/mol. The van der Waals surface area contributed by atoms with E-state index in [0.717, 1.165) is 31.6 Å². The van der Waals surface area contributed by atoms with Crippen molar-refractivity contribution in [3.8, 4) is 0 Å². The van der Waals surface area contributed by atoms with E-state index in [0.29, 0.717) is 17.8 Å². The Kier molecular flexibility index (Phi) is 4.39. The topological polar surface area (TPSA) is 57.3 Å². The molecule has 1 aromatic rings. The number of hydrogen-bond donors (Lipinski definition) is 2. The van der Waals surface area contributed by atoms with E-state index in [2.05, 4.69) is 27.4 Å². The maximum absolute atomic E-state index is 12.3. The number of aromatic nitrogens is 1. The van der Waals surface area contributed by atoms with Crippen molar-refractivity contribution < 1.29 is 4.79 Å². The number of pyridine rings is 1. The number of fused-ring (bicyclic) bond motifs is 1. The minimum Gasteiger partial charge on any atom is -0.384 e. The molecule has 2 saturated heterocycles. The number of nitrogens with one attached hydrogen (secondary N) is 2. The first-order valence-electron chi connectivity index (χ1n) is 8.03. The lowest BCUT2D eigenvalue weighted by Crippen LogP contribution is -2.42. The number of nitrogens with zero attached hydrogens (tertiary/aromatic N) is 2. The van der Waals surface area contributed by atoms with Gasteiger partial charge in [-0.2, -0.15) is 0 Å². The molecule has 0 bridgehead atoms. The summed E-state index contributed by atoms with van der Waals surface area (Å²) < 4.78 is 0. The molecule has 0 spiro atoms. The number of anilines is 1. The van der Waals surface area contributed by atoms with Crippen molar-refractivity contribution in [3.63, 3.8) is 0 Å². The Morgan fingerprint density at radius 1 is 1.38 bits per heavy atom. The van der Waals surface area contributed by atoms with Gasteiger partial charge in [-0.05, 0) is 44.4 Å². The average molecular weight is 288 g/mol. The van der Waals surface area contributed by atoms with E-state index in [1.165, 1.54) is 19.4 Å². The van der Waals surface area contributed by atoms with Crippen molar-refractivity contribution in [2.24, 2.45) is 0 Å². The third-order valence-corrected chi connectivity index (χ3v) is 4.50. The summed E-state index contributed by atoms with van der Waals surface area (Å²) in [6.07, 6.45) is 6.33. The van der Waals surface area contributed by atoms with E-state index in [1.807, 2.05) is 6.07 Å². The Morgan fingerprint density at radius 2 is 2.29 bits per heavy atom. The number of carbonyl (C=O) groups excluding carboxylic acids is 1. The van der Waals surface area contributed by atoms with Gasteiger partial charge in [0.15, 0.2) is 0 Å². The van der Waals surface area contributed by atoms with Crippen LogP contribution in [0.4, 0.5) is 5.69 Å². The van der Waals surface area contributed by atoms with Gasteiger partial charge in [0.05, 0.1) is 11.9 Å². The van der Waals surface area contributed by atoms with Crippen molar-refractivity contribution >= 4 is 11.6 Å². The van der Waals surface area contributed by atoms with Crippen LogP contribution < -0.4 is 10.6 Å². The van der Waals surface area contributed by atoms with Gasteiger partial charge >= 0.3 is 0 Å². The standard InChI is InChI=1S/C16H24N4O/c1-2-8-17-12-5-6-14(18-11-12)16(21)19-13-7-10-20-9-3-4-15(13)20/h5-6,11,13,15,17H,2-4,7-10H2,1H3,(H,19,21). The summed E-state index contributed by atoms with van der Waals surface area (Å²) in [6.45, 7) is 5.35. The van der Waals surface area contributed by atoms with Gasteiger partial charge in [0.1, 0.15) is 5.69 Å². The Labute approximate surface area is 126 Å². The van der Waals surface area contributed by atoms with Gasteiger partial charge in [-0.25, -0.2) is 4.98 Å². The Bertz CT molecular complexity index is 488. The quantitative estimate of drug-likeness (QED) is 0.868. The zero-order valence-electron chi connectivity index (χ0n) is 12.6. The van der Waals surface area contributed by atoms with Crippen molar-refractivity contribution in [1.82, 2.24) is 15.2 Å². The van der Waals surface area contributed by atoms with E-state index < -0.39 is 0 Å². The molecule has 5 heteroatoms. The number of rotatable bonds is 5. The third kappa shape index (κ3) is 3.18. The fourth-order valence-corrected chi connectivity index (χ4v) is 3.40. The molecule has 114 valence electrons. The first kappa shape index (κ1) is 14.3. The highest BCUT2D eigenvalue weighted by Crippen LogP contribution is 2.28. The molecule has 1 amide bonds. The number of carbonyl (C=O) groups is 1. The van der Waals surface area contributed by atoms with Crippen LogP contribution in [-0.4, -0.2) is 47.5 Å². The minimum atomic E-state index is -0.0456. The molecule has 5 nitrogen and oxygen atoms in total. The maximum atomic E-state index is 12.3. The summed E-state index contributed by atoms with van der Waals surface area (Å²) in [6, 6.07) is 4.56. The second-order valence-electron chi connectivity index (χ2n) is 5.97. The van der Waals surface area contributed by atoms with Crippen LogP contribution >= 0.6 is 0 Å². The second-order valence-corrected chi connectivity index (χ2v) is 5.97. The Balaban J connectivity index is 1.57. The van der Waals surface area contributed by atoms with E-state index in [4.69, 9.17) is 0 Å². The molecule has 0 aliphatic carbocycles. The van der Waals surface area contributed by atoms with Crippen molar-refractivity contribution in [2.75, 3.05) is 25.0 Å². The van der Waals surface area contributed by atoms with Crippen LogP contribution in [0.5, 0.6) is 0 Å². The smallest absolute Gasteiger partial charge is 0.270 e. The van der Waals surface area contributed by atoms with Crippen LogP contribution in [0, 0.1) is 0 Å². The van der Waals surface area contributed by atoms with E-state index in [1.54, 1.807) is 12.3 Å². The van der Waals surface area contributed by atoms with Crippen LogP contribution in [-0.2, 0) is 0 Å². The number of hydrogen-bond acceptors (Lipinski definition) is 4. The molecule has 2 unspecified atom stereocenters. The molecule has 0 aromatic carbocycles. The van der Waals surface area contributed by atoms with Gasteiger partial charge < -0.3 is 10.6 Å². The maximum Gasteiger partial charge on any atom is 0.270 e. The lowest BCUT2D eigenvalue weighted by Gasteiger charge is -2.21. The first-order valence-corrected chi connectivity index (χ1v) is 8.03. The van der Waals surface area contributed by atoms with Crippen LogP contribution in [0.25, 0.3) is 0 Å². The van der Waals surface area contributed by atoms with Crippen LogP contribution in [0.3, 0.4) is 0 Å². The highest BCUT2D eigenvalue weighted by atomic mass is 16.2. The van der Waals surface area contributed by atoms with Gasteiger partial charge in [-0.15, -0.1) is 0 Å². The van der Waals surface area contributed by atoms with Crippen molar-refractivity contribution in [1.29, 1.82) is 0 Å². The fourth-order valence-electron chi connectivity index (χ4n) is 3.40. The lowest BCUT2D eigenvalue weighted by molar-refractivity contribution is 0.0924. The molecule has 2 aliphatic rings. The highest BCUT2D eigenvalue weighted by Gasteiger charge is 2.37. The molecule has 1 aromatic heterocycles. The summed E-state index contributed by atoms with van der Waals surface area (Å²) in [7, 11) is 0. The lowest BCUT2D eigenvalue weighted by atomic mass is 10.1. The molecule has 2 atom stereocenters. The third-order valence-electron chi connectivity index (χ3n) is 4.50. The number of amides is 1. The Morgan fingerprint density at radius 3 is 3.05 bits per heavy atom. The molecule has 0 saturated carbocycles. The molecule has 2 N–H and O–H groups in total. The summed E-state index contributed by atoms with van der Waals surface area (Å²) in [4.78, 5) is 19.1. The highest BCUT2D eigenvalue weighted by molar-refractivity contribution is 5.92. The zero-order valence-corrected chi connectivity index (χ0v) is 12.6. The molecule has 21 heavy (non-hydrogen) atoms. The summed E-state index contributed by atoms with van der Waals surface area (Å²) in [5.41, 5.74) is 1.48. The molecular weight excluding hydrogens is 264 g/mol. The van der Waals surface area contributed by atoms with Crippen LogP contribution in [0.2, 0.25) is 0 Å². The summed E-state index contributed by atoms with van der Waals surface area (Å²) >= 11 is 0. The predicted octanol–water partition coefficient (Wildman–Crippen LogP) is 1.87. The van der Waals surface area contributed by atoms with Crippen molar-refractivity contribution in [3.05, 3.63) is 24.0 Å². The molecular formula is C16H24N4O. The monoisotopic (exact) mass is 288 g/mol. The van der Waals surface area contributed by atoms with Crippen LogP contribution in [0.15, 0.2) is 18.3 Å². The van der Waals surface area contributed by atoms with E-state index >= 15 is 0 Å². The molecule has 3 heterocycles. The van der Waals surface area contributed by atoms with Gasteiger partial charge in [-0.3, -0.25) is 9.69 Å². The minimum absolute atomic E-state index is 0.0456. The fraction of sp³-hybridized carbons (Fsp3) is 0.625. The Hall–Kier alpha value is -1.62. The largest absolute Gasteiger partial charge is 0.384 e. The molecule has 0 radical (unpaired) electrons. The van der Waals surface area contributed by atoms with Gasteiger partial charge in [-0.1, -0.05) is 6.92 Å². The average Bonchev–Trinajstić information content (AvgIpc) is 3.10. The summed E-state index contributed by atoms with van der Waals surface area (Å²) in [5.74, 6) is -0.0456. The van der Waals surface area contributed by atoms with E-state index in [9.17, 15) is 4.79 Å². The van der Waals surface area contributed by atoms with Gasteiger partial charge in [0.2, 0.25) is 0 Å². The van der Waals surface area contributed by atoms with Gasteiger partial charge in [0.25, 0.3) is 5.91 Å². The normalized spacial score (nSPS) is 24.8. The second kappa shape index (κ2) is 6.43. The molecule has 3 rings (SSSR count). The van der Waals surface area contributed by atoms with Gasteiger partial charge in [0, 0.05) is 25.2 Å². The zero-order chi connectivity index (χ0) is 14.7. The first-order chi connectivity index (χ1) is 10.3. The summed E-state index contributed by atoms with van der Waals surface area (Å²) in [5, 5.41) is 6.43. The van der Waals surface area contributed by atoms with Crippen molar-refractivity contribution in [2.45, 2.75) is 44.7 Å². The molecule has 2 aliphatic heterocycles.